The van der Waals surface area contributed by atoms with Crippen LogP contribution in [0.15, 0.2) is 42.5 Å². The van der Waals surface area contributed by atoms with E-state index in [0.717, 1.165) is 23.0 Å². The van der Waals surface area contributed by atoms with Crippen molar-refractivity contribution in [3.8, 4) is 0 Å². The molecule has 0 bridgehead atoms. The highest BCUT2D eigenvalue weighted by Crippen LogP contribution is 2.40. The quantitative estimate of drug-likeness (QED) is 0.638. The van der Waals surface area contributed by atoms with Crippen molar-refractivity contribution in [2.24, 2.45) is 0 Å². The first-order valence-corrected chi connectivity index (χ1v) is 7.46. The summed E-state index contributed by atoms with van der Waals surface area (Å²) in [7, 11) is 0. The van der Waals surface area contributed by atoms with Gasteiger partial charge in [-0.2, -0.15) is 0 Å². The molecule has 0 amide bonds. The van der Waals surface area contributed by atoms with Gasteiger partial charge in [-0.1, -0.05) is 30.3 Å². The van der Waals surface area contributed by atoms with Crippen molar-refractivity contribution in [1.82, 2.24) is 0 Å². The van der Waals surface area contributed by atoms with Crippen LogP contribution in [0.3, 0.4) is 0 Å². The maximum atomic E-state index is 12.0. The zero-order valence-electron chi connectivity index (χ0n) is 13.1. The van der Waals surface area contributed by atoms with E-state index in [-0.39, 0.29) is 11.6 Å². The third-order valence-corrected chi connectivity index (χ3v) is 4.21. The first kappa shape index (κ1) is 15.1. The Hall–Kier alpha value is -2.81. The largest absolute Gasteiger partial charge is 0.298 e. The predicted octanol–water partition coefficient (Wildman–Crippen LogP) is 3.76. The van der Waals surface area contributed by atoms with Crippen molar-refractivity contribution < 1.29 is 14.4 Å². The number of aldehydes is 1. The van der Waals surface area contributed by atoms with Crippen molar-refractivity contribution in [2.75, 3.05) is 0 Å². The number of benzene rings is 2. The van der Waals surface area contributed by atoms with Crippen molar-refractivity contribution in [3.05, 3.63) is 70.3 Å². The molecule has 0 fully saturated rings. The minimum atomic E-state index is -0.141. The number of carbonyl (C=O) groups is 3. The number of fused-ring (bicyclic) bond motifs is 1. The third kappa shape index (κ3) is 2.55. The summed E-state index contributed by atoms with van der Waals surface area (Å²) in [6.07, 6.45) is 1.36. The van der Waals surface area contributed by atoms with Gasteiger partial charge in [0, 0.05) is 16.7 Å². The molecule has 0 N–H and O–H groups in total. The van der Waals surface area contributed by atoms with Gasteiger partial charge in [0.25, 0.3) is 0 Å². The van der Waals surface area contributed by atoms with Gasteiger partial charge in [0.05, 0.1) is 0 Å². The summed E-state index contributed by atoms with van der Waals surface area (Å²) in [5.41, 5.74) is 4.91. The first-order chi connectivity index (χ1) is 11.0. The number of Topliss-reactive ketones (excluding diaryl/α,β-unsaturated/α-hetero) is 2. The fourth-order valence-corrected chi connectivity index (χ4v) is 3.10. The molecule has 0 heterocycles. The molecule has 3 heteroatoms. The molecule has 0 spiro atoms. The lowest BCUT2D eigenvalue weighted by Gasteiger charge is -2.09. The van der Waals surface area contributed by atoms with Crippen LogP contribution in [0.1, 0.15) is 51.3 Å². The molecule has 0 saturated heterocycles. The SMILES string of the molecule is CC(=O)c1cc2c(c(C(C)=O)c1)C(C=O)=C(c1ccccc1)C2. The molecule has 0 radical (unpaired) electrons. The van der Waals surface area contributed by atoms with E-state index in [4.69, 9.17) is 0 Å². The van der Waals surface area contributed by atoms with Crippen LogP contribution in [0.5, 0.6) is 0 Å². The van der Waals surface area contributed by atoms with E-state index < -0.39 is 0 Å². The van der Waals surface area contributed by atoms with E-state index in [1.807, 2.05) is 30.3 Å². The summed E-state index contributed by atoms with van der Waals surface area (Å²) in [6.45, 7) is 2.94. The van der Waals surface area contributed by atoms with E-state index >= 15 is 0 Å². The van der Waals surface area contributed by atoms with Crippen LogP contribution in [-0.4, -0.2) is 17.9 Å². The number of allylic oxidation sites excluding steroid dienone is 2. The molecule has 0 saturated carbocycles. The van der Waals surface area contributed by atoms with Crippen molar-refractivity contribution in [3.63, 3.8) is 0 Å². The average Bonchev–Trinajstić information content (AvgIpc) is 2.92. The molecule has 1 aliphatic rings. The minimum Gasteiger partial charge on any atom is -0.298 e. The molecule has 0 aliphatic heterocycles. The molecule has 0 aromatic heterocycles. The van der Waals surface area contributed by atoms with Gasteiger partial charge in [-0.25, -0.2) is 0 Å². The van der Waals surface area contributed by atoms with Crippen LogP contribution in [0.25, 0.3) is 11.1 Å². The summed E-state index contributed by atoms with van der Waals surface area (Å²) in [6, 6.07) is 13.0. The second-order valence-electron chi connectivity index (χ2n) is 5.72. The van der Waals surface area contributed by atoms with Crippen LogP contribution in [0, 0.1) is 0 Å². The van der Waals surface area contributed by atoms with Crippen LogP contribution < -0.4 is 0 Å². The normalized spacial score (nSPS) is 13.0. The summed E-state index contributed by atoms with van der Waals surface area (Å²) < 4.78 is 0. The highest BCUT2D eigenvalue weighted by Gasteiger charge is 2.27. The lowest BCUT2D eigenvalue weighted by atomic mass is 9.93. The molecular formula is C20H16O3. The highest BCUT2D eigenvalue weighted by atomic mass is 16.1. The van der Waals surface area contributed by atoms with Gasteiger partial charge in [-0.15, -0.1) is 0 Å². The highest BCUT2D eigenvalue weighted by molar-refractivity contribution is 6.23. The summed E-state index contributed by atoms with van der Waals surface area (Å²) >= 11 is 0. The fraction of sp³-hybridized carbons (Fsp3) is 0.150. The maximum absolute atomic E-state index is 12.0. The second-order valence-corrected chi connectivity index (χ2v) is 5.72. The van der Waals surface area contributed by atoms with E-state index in [0.29, 0.717) is 28.7 Å². The third-order valence-electron chi connectivity index (χ3n) is 4.21. The minimum absolute atomic E-state index is 0.0869. The van der Waals surface area contributed by atoms with Crippen LogP contribution in [0.4, 0.5) is 0 Å². The number of ketones is 2. The van der Waals surface area contributed by atoms with Crippen molar-refractivity contribution >= 4 is 29.0 Å². The lowest BCUT2D eigenvalue weighted by Crippen LogP contribution is -2.05. The molecule has 2 aromatic carbocycles. The molecule has 0 atom stereocenters. The summed E-state index contributed by atoms with van der Waals surface area (Å²) in [4.78, 5) is 35.5. The molecule has 2 aromatic rings. The van der Waals surface area contributed by atoms with Gasteiger partial charge in [0.1, 0.15) is 0 Å². The Morgan fingerprint density at radius 2 is 1.70 bits per heavy atom. The molecule has 23 heavy (non-hydrogen) atoms. The molecule has 3 rings (SSSR count). The van der Waals surface area contributed by atoms with Crippen LogP contribution >= 0.6 is 0 Å². The van der Waals surface area contributed by atoms with Crippen LogP contribution in [0.2, 0.25) is 0 Å². The van der Waals surface area contributed by atoms with E-state index in [1.54, 1.807) is 12.1 Å². The first-order valence-electron chi connectivity index (χ1n) is 7.46. The smallest absolute Gasteiger partial charge is 0.160 e. The Balaban J connectivity index is 2.26. The van der Waals surface area contributed by atoms with Crippen molar-refractivity contribution in [2.45, 2.75) is 20.3 Å². The molecule has 1 aliphatic carbocycles. The fourth-order valence-electron chi connectivity index (χ4n) is 3.10. The maximum Gasteiger partial charge on any atom is 0.160 e. The van der Waals surface area contributed by atoms with Gasteiger partial charge in [0.15, 0.2) is 17.9 Å². The standard InChI is InChI=1S/C20H16O3/c1-12(22)15-8-16-10-18(14-6-4-3-5-7-14)19(11-21)20(16)17(9-15)13(2)23/h3-9,11H,10H2,1-2H3. The molecule has 3 nitrogen and oxygen atoms in total. The number of rotatable bonds is 4. The zero-order valence-corrected chi connectivity index (χ0v) is 13.1. The van der Waals surface area contributed by atoms with E-state index in [1.165, 1.54) is 13.8 Å². The van der Waals surface area contributed by atoms with E-state index in [2.05, 4.69) is 0 Å². The summed E-state index contributed by atoms with van der Waals surface area (Å²) in [5, 5.41) is 0. The Bertz CT molecular complexity index is 858. The lowest BCUT2D eigenvalue weighted by molar-refractivity contribution is -0.103. The van der Waals surface area contributed by atoms with E-state index in [9.17, 15) is 14.4 Å². The Morgan fingerprint density at radius 3 is 2.26 bits per heavy atom. The molecular weight excluding hydrogens is 288 g/mol. The Labute approximate surface area is 134 Å². The second kappa shape index (κ2) is 5.76. The van der Waals surface area contributed by atoms with Gasteiger partial charge in [0.2, 0.25) is 0 Å². The monoisotopic (exact) mass is 304 g/mol. The number of hydrogen-bond donors (Lipinski definition) is 0. The average molecular weight is 304 g/mol. The van der Waals surface area contributed by atoms with Gasteiger partial charge in [-0.3, -0.25) is 14.4 Å². The molecule has 0 unspecified atom stereocenters. The van der Waals surface area contributed by atoms with Gasteiger partial charge < -0.3 is 0 Å². The number of hydrogen-bond acceptors (Lipinski definition) is 3. The molecule has 114 valence electrons. The zero-order chi connectivity index (χ0) is 16.6. The topological polar surface area (TPSA) is 51.2 Å². The van der Waals surface area contributed by atoms with Crippen LogP contribution in [-0.2, 0) is 11.2 Å². The van der Waals surface area contributed by atoms with Crippen molar-refractivity contribution in [1.29, 1.82) is 0 Å². The summed E-state index contributed by atoms with van der Waals surface area (Å²) in [5.74, 6) is -0.228. The predicted molar refractivity (Wildman–Crippen MR) is 89.5 cm³/mol. The Morgan fingerprint density at radius 1 is 1.00 bits per heavy atom. The van der Waals surface area contributed by atoms with Gasteiger partial charge in [-0.05, 0) is 54.7 Å². The van der Waals surface area contributed by atoms with Gasteiger partial charge >= 0.3 is 0 Å². The Kier molecular flexibility index (Phi) is 3.78. The number of carbonyl (C=O) groups excluding carboxylic acids is 3.